The molecule has 0 bridgehead atoms. The molecule has 2 heteroatoms. The van der Waals surface area contributed by atoms with Crippen molar-refractivity contribution >= 4 is 5.69 Å². The Morgan fingerprint density at radius 1 is 1.38 bits per heavy atom. The van der Waals surface area contributed by atoms with Gasteiger partial charge in [0.2, 0.25) is 0 Å². The molecule has 1 fully saturated rings. The van der Waals surface area contributed by atoms with Crippen LogP contribution in [-0.2, 0) is 0 Å². The molecule has 0 aromatic heterocycles. The minimum atomic E-state index is 0.622. The zero-order valence-corrected chi connectivity index (χ0v) is 10.3. The van der Waals surface area contributed by atoms with Crippen LogP contribution in [0.25, 0.3) is 0 Å². The molecule has 1 aromatic carbocycles. The number of para-hydroxylation sites is 1. The molecule has 1 saturated heterocycles. The number of likely N-dealkylation sites (tertiary alicyclic amines) is 1. The summed E-state index contributed by atoms with van der Waals surface area (Å²) in [6, 6.07) is 11.9. The largest absolute Gasteiger partial charge is 0.381 e. The molecule has 88 valence electrons. The molecule has 1 aliphatic rings. The van der Waals surface area contributed by atoms with Crippen LogP contribution in [0.3, 0.4) is 0 Å². The quantitative estimate of drug-likeness (QED) is 0.836. The van der Waals surface area contributed by atoms with Gasteiger partial charge in [-0.3, -0.25) is 4.90 Å². The van der Waals surface area contributed by atoms with Gasteiger partial charge in [0.15, 0.2) is 0 Å². The molecule has 0 radical (unpaired) electrons. The third kappa shape index (κ3) is 2.76. The fourth-order valence-electron chi connectivity index (χ4n) is 2.33. The Bertz CT molecular complexity index is 310. The smallest absolute Gasteiger partial charge is 0.0400 e. The first-order chi connectivity index (χ1) is 7.79. The molecule has 1 unspecified atom stereocenters. The summed E-state index contributed by atoms with van der Waals surface area (Å²) in [5.74, 6) is 0. The van der Waals surface area contributed by atoms with E-state index >= 15 is 0 Å². The van der Waals surface area contributed by atoms with Crippen molar-refractivity contribution in [3.8, 4) is 0 Å². The lowest BCUT2D eigenvalue weighted by molar-refractivity contribution is 0.251. The van der Waals surface area contributed by atoms with Crippen LogP contribution in [0.15, 0.2) is 30.3 Å². The summed E-state index contributed by atoms with van der Waals surface area (Å²) < 4.78 is 0. The van der Waals surface area contributed by atoms with E-state index in [1.165, 1.54) is 31.6 Å². The van der Waals surface area contributed by atoms with E-state index in [0.29, 0.717) is 6.04 Å². The van der Waals surface area contributed by atoms with Crippen molar-refractivity contribution in [1.29, 1.82) is 0 Å². The minimum Gasteiger partial charge on any atom is -0.381 e. The van der Waals surface area contributed by atoms with Gasteiger partial charge in [-0.25, -0.2) is 0 Å². The second kappa shape index (κ2) is 5.35. The molecule has 1 N–H and O–H groups in total. The predicted molar refractivity (Wildman–Crippen MR) is 69.8 cm³/mol. The van der Waals surface area contributed by atoms with Crippen LogP contribution in [0, 0.1) is 0 Å². The summed E-state index contributed by atoms with van der Waals surface area (Å²) in [4.78, 5) is 2.58. The average Bonchev–Trinajstić information content (AvgIpc) is 2.78. The zero-order valence-electron chi connectivity index (χ0n) is 10.3. The van der Waals surface area contributed by atoms with E-state index in [1.54, 1.807) is 0 Å². The molecular weight excluding hydrogens is 196 g/mol. The summed E-state index contributed by atoms with van der Waals surface area (Å²) in [5, 5.41) is 3.61. The summed E-state index contributed by atoms with van der Waals surface area (Å²) in [5.41, 5.74) is 1.25. The van der Waals surface area contributed by atoms with Crippen molar-refractivity contribution in [2.75, 3.05) is 18.4 Å². The van der Waals surface area contributed by atoms with Gasteiger partial charge in [-0.15, -0.1) is 0 Å². The summed E-state index contributed by atoms with van der Waals surface area (Å²) in [7, 11) is 0. The molecule has 1 aromatic rings. The number of hydrogen-bond donors (Lipinski definition) is 1. The van der Waals surface area contributed by atoms with E-state index in [2.05, 4.69) is 54.4 Å². The number of nitrogens with zero attached hydrogens (tertiary/aromatic N) is 1. The van der Waals surface area contributed by atoms with Gasteiger partial charge in [-0.05, 0) is 31.9 Å². The van der Waals surface area contributed by atoms with Gasteiger partial charge in [0.1, 0.15) is 0 Å². The number of benzene rings is 1. The van der Waals surface area contributed by atoms with E-state index in [1.807, 2.05) is 0 Å². The van der Waals surface area contributed by atoms with Crippen molar-refractivity contribution in [2.24, 2.45) is 0 Å². The lowest BCUT2D eigenvalue weighted by atomic mass is 10.2. The third-order valence-corrected chi connectivity index (χ3v) is 3.58. The monoisotopic (exact) mass is 218 g/mol. The zero-order chi connectivity index (χ0) is 11.4. The van der Waals surface area contributed by atoms with Crippen molar-refractivity contribution in [1.82, 2.24) is 4.90 Å². The Labute approximate surface area is 98.7 Å². The highest BCUT2D eigenvalue weighted by Gasteiger charge is 2.24. The molecule has 1 aliphatic heterocycles. The van der Waals surface area contributed by atoms with Crippen LogP contribution in [0.2, 0.25) is 0 Å². The summed E-state index contributed by atoms with van der Waals surface area (Å²) >= 11 is 0. The maximum atomic E-state index is 3.61. The normalized spacial score (nSPS) is 23.2. The van der Waals surface area contributed by atoms with E-state index in [0.717, 1.165) is 6.04 Å². The highest BCUT2D eigenvalue weighted by atomic mass is 15.2. The van der Waals surface area contributed by atoms with Gasteiger partial charge in [0.05, 0.1) is 0 Å². The molecule has 2 atom stereocenters. The highest BCUT2D eigenvalue weighted by molar-refractivity contribution is 5.43. The minimum absolute atomic E-state index is 0.622. The van der Waals surface area contributed by atoms with Gasteiger partial charge < -0.3 is 5.32 Å². The van der Waals surface area contributed by atoms with E-state index in [4.69, 9.17) is 0 Å². The molecule has 0 saturated carbocycles. The molecule has 2 nitrogen and oxygen atoms in total. The standard InChI is InChI=1S/C14H22N2/c1-3-12(2)16-10-9-14(11-16)15-13-7-5-4-6-8-13/h4-8,12,14-15H,3,9-11H2,1-2H3/t12?,14-/m1/s1. The molecule has 16 heavy (non-hydrogen) atoms. The molecule has 0 aliphatic carbocycles. The lowest BCUT2D eigenvalue weighted by Gasteiger charge is -2.23. The number of nitrogens with one attached hydrogen (secondary N) is 1. The number of rotatable bonds is 4. The van der Waals surface area contributed by atoms with Gasteiger partial charge in [-0.2, -0.15) is 0 Å². The first kappa shape index (κ1) is 11.5. The van der Waals surface area contributed by atoms with Crippen molar-refractivity contribution in [2.45, 2.75) is 38.8 Å². The Hall–Kier alpha value is -1.02. The van der Waals surface area contributed by atoms with Crippen molar-refractivity contribution < 1.29 is 0 Å². The molecule has 1 heterocycles. The average molecular weight is 218 g/mol. The van der Waals surface area contributed by atoms with Crippen LogP contribution in [0.5, 0.6) is 0 Å². The van der Waals surface area contributed by atoms with Gasteiger partial charge in [-0.1, -0.05) is 25.1 Å². The Balaban J connectivity index is 1.85. The third-order valence-electron chi connectivity index (χ3n) is 3.58. The summed E-state index contributed by atoms with van der Waals surface area (Å²) in [6.45, 7) is 7.01. The lowest BCUT2D eigenvalue weighted by Crippen LogP contribution is -2.32. The van der Waals surface area contributed by atoms with Crippen molar-refractivity contribution in [3.63, 3.8) is 0 Å². The number of hydrogen-bond acceptors (Lipinski definition) is 2. The second-order valence-electron chi connectivity index (χ2n) is 4.75. The van der Waals surface area contributed by atoms with Gasteiger partial charge >= 0.3 is 0 Å². The fourth-order valence-corrected chi connectivity index (χ4v) is 2.33. The molecule has 2 rings (SSSR count). The topological polar surface area (TPSA) is 15.3 Å². The second-order valence-corrected chi connectivity index (χ2v) is 4.75. The first-order valence-electron chi connectivity index (χ1n) is 6.35. The first-order valence-corrected chi connectivity index (χ1v) is 6.35. The Morgan fingerprint density at radius 2 is 2.12 bits per heavy atom. The number of anilines is 1. The Morgan fingerprint density at radius 3 is 2.81 bits per heavy atom. The predicted octanol–water partition coefficient (Wildman–Crippen LogP) is 2.97. The van der Waals surface area contributed by atoms with Crippen LogP contribution in [0.1, 0.15) is 26.7 Å². The van der Waals surface area contributed by atoms with E-state index in [9.17, 15) is 0 Å². The van der Waals surface area contributed by atoms with Gasteiger partial charge in [0, 0.05) is 30.9 Å². The van der Waals surface area contributed by atoms with E-state index in [-0.39, 0.29) is 0 Å². The maximum absolute atomic E-state index is 3.61. The van der Waals surface area contributed by atoms with E-state index < -0.39 is 0 Å². The fraction of sp³-hybridized carbons (Fsp3) is 0.571. The van der Waals surface area contributed by atoms with Crippen LogP contribution in [0.4, 0.5) is 5.69 Å². The van der Waals surface area contributed by atoms with Crippen LogP contribution in [-0.4, -0.2) is 30.1 Å². The Kier molecular flexibility index (Phi) is 3.83. The molecular formula is C14H22N2. The van der Waals surface area contributed by atoms with Crippen LogP contribution < -0.4 is 5.32 Å². The van der Waals surface area contributed by atoms with Gasteiger partial charge in [0.25, 0.3) is 0 Å². The SMILES string of the molecule is CCC(C)N1CC[C@@H](Nc2ccccc2)C1. The highest BCUT2D eigenvalue weighted by Crippen LogP contribution is 2.18. The molecule has 0 amide bonds. The maximum Gasteiger partial charge on any atom is 0.0400 e. The van der Waals surface area contributed by atoms with Crippen LogP contribution >= 0.6 is 0 Å². The molecule has 0 spiro atoms. The van der Waals surface area contributed by atoms with Crippen molar-refractivity contribution in [3.05, 3.63) is 30.3 Å². The summed E-state index contributed by atoms with van der Waals surface area (Å²) in [6.07, 6.45) is 2.51.